The summed E-state index contributed by atoms with van der Waals surface area (Å²) < 4.78 is 51.8. The minimum atomic E-state index is -4.09. The lowest BCUT2D eigenvalue weighted by Gasteiger charge is -2.24. The Labute approximate surface area is 205 Å². The third kappa shape index (κ3) is 7.19. The number of nitrogens with zero attached hydrogens (tertiary/aromatic N) is 1. The molecule has 0 aliphatic rings. The maximum atomic E-state index is 13.5. The summed E-state index contributed by atoms with van der Waals surface area (Å²) in [7, 11) is -2.49. The molecule has 3 aromatic rings. The normalized spacial score (nSPS) is 11.1. The topological polar surface area (TPSA) is 84.9 Å². The average Bonchev–Trinajstić information content (AvgIpc) is 2.86. The Hall–Kier alpha value is -3.59. The first kappa shape index (κ1) is 26.0. The molecule has 3 rings (SSSR count). The van der Waals surface area contributed by atoms with Gasteiger partial charge in [-0.3, -0.25) is 9.10 Å². The van der Waals surface area contributed by atoms with Crippen LogP contribution < -0.4 is 19.1 Å². The van der Waals surface area contributed by atoms with Gasteiger partial charge in [0.25, 0.3) is 10.0 Å². The highest BCUT2D eigenvalue weighted by Gasteiger charge is 2.27. The zero-order valence-electron chi connectivity index (χ0n) is 19.7. The van der Waals surface area contributed by atoms with E-state index in [1.54, 1.807) is 19.2 Å². The monoisotopic (exact) mass is 500 g/mol. The largest absolute Gasteiger partial charge is 0.497 e. The van der Waals surface area contributed by atoms with E-state index in [4.69, 9.17) is 9.47 Å². The second kappa shape index (κ2) is 12.2. The summed E-state index contributed by atoms with van der Waals surface area (Å²) in [5.74, 6) is 0.332. The van der Waals surface area contributed by atoms with Crippen LogP contribution in [0.4, 0.5) is 10.1 Å². The van der Waals surface area contributed by atoms with Gasteiger partial charge in [-0.25, -0.2) is 12.8 Å². The number of rotatable bonds is 12. The molecule has 0 atom stereocenters. The first-order valence-corrected chi connectivity index (χ1v) is 12.7. The Morgan fingerprint density at radius 3 is 2.37 bits per heavy atom. The van der Waals surface area contributed by atoms with Gasteiger partial charge in [-0.15, -0.1) is 0 Å². The maximum absolute atomic E-state index is 13.5. The summed E-state index contributed by atoms with van der Waals surface area (Å²) in [5, 5.41) is 2.77. The molecule has 0 radical (unpaired) electrons. The van der Waals surface area contributed by atoms with Crippen molar-refractivity contribution in [2.45, 2.75) is 24.7 Å². The smallest absolute Gasteiger partial charge is 0.264 e. The molecular formula is C26H29FN2O5S. The molecule has 0 aliphatic heterocycles. The first-order chi connectivity index (χ1) is 16.8. The van der Waals surface area contributed by atoms with Crippen LogP contribution in [0.1, 0.15) is 18.9 Å². The highest BCUT2D eigenvalue weighted by atomic mass is 32.2. The molecule has 186 valence electrons. The van der Waals surface area contributed by atoms with Crippen molar-refractivity contribution < 1.29 is 27.1 Å². The zero-order chi connectivity index (χ0) is 25.3. The average molecular weight is 501 g/mol. The predicted molar refractivity (Wildman–Crippen MR) is 133 cm³/mol. The highest BCUT2D eigenvalue weighted by Crippen LogP contribution is 2.25. The summed E-state index contributed by atoms with van der Waals surface area (Å²) in [6.45, 7) is 2.21. The number of anilines is 1. The van der Waals surface area contributed by atoms with Crippen LogP contribution in [0.25, 0.3) is 0 Å². The number of sulfonamides is 1. The Bertz CT molecular complexity index is 1220. The van der Waals surface area contributed by atoms with E-state index >= 15 is 0 Å². The van der Waals surface area contributed by atoms with Crippen LogP contribution >= 0.6 is 0 Å². The van der Waals surface area contributed by atoms with E-state index in [0.717, 1.165) is 34.2 Å². The van der Waals surface area contributed by atoms with Crippen LogP contribution in [0.3, 0.4) is 0 Å². The second-order valence-electron chi connectivity index (χ2n) is 7.70. The summed E-state index contributed by atoms with van der Waals surface area (Å²) in [5.41, 5.74) is 1.26. The number of carbonyl (C=O) groups is 1. The molecule has 0 heterocycles. The fourth-order valence-electron chi connectivity index (χ4n) is 3.46. The molecule has 0 aliphatic carbocycles. The van der Waals surface area contributed by atoms with Crippen molar-refractivity contribution in [2.24, 2.45) is 0 Å². The summed E-state index contributed by atoms with van der Waals surface area (Å²) in [4.78, 5) is 12.7. The van der Waals surface area contributed by atoms with Crippen molar-refractivity contribution in [3.63, 3.8) is 0 Å². The molecule has 0 saturated heterocycles. The number of nitrogens with one attached hydrogen (secondary N) is 1. The van der Waals surface area contributed by atoms with Gasteiger partial charge in [0.2, 0.25) is 5.91 Å². The van der Waals surface area contributed by atoms with Crippen molar-refractivity contribution >= 4 is 21.6 Å². The van der Waals surface area contributed by atoms with Gasteiger partial charge in [-0.2, -0.15) is 0 Å². The summed E-state index contributed by atoms with van der Waals surface area (Å²) in [6.07, 6.45) is 1.39. The number of amides is 1. The van der Waals surface area contributed by atoms with Gasteiger partial charge in [-0.1, -0.05) is 12.1 Å². The maximum Gasteiger partial charge on any atom is 0.264 e. The van der Waals surface area contributed by atoms with Crippen molar-refractivity contribution in [2.75, 3.05) is 31.1 Å². The minimum Gasteiger partial charge on any atom is -0.497 e. The van der Waals surface area contributed by atoms with Crippen LogP contribution in [0.2, 0.25) is 0 Å². The van der Waals surface area contributed by atoms with Gasteiger partial charge in [0.15, 0.2) is 0 Å². The number of halogens is 1. The van der Waals surface area contributed by atoms with Crippen molar-refractivity contribution in [1.29, 1.82) is 0 Å². The van der Waals surface area contributed by atoms with Crippen LogP contribution in [0, 0.1) is 5.82 Å². The molecule has 0 aromatic heterocycles. The lowest BCUT2D eigenvalue weighted by Crippen LogP contribution is -2.41. The third-order valence-electron chi connectivity index (χ3n) is 5.22. The standard InChI is InChI=1S/C26H29FN2O5S/c1-3-34-23-13-15-25(16-14-23)35(31,32)29(22-11-9-21(27)10-12-22)19-26(30)28-17-5-7-20-6-4-8-24(18-20)33-2/h4,6,8-16,18H,3,5,7,17,19H2,1-2H3,(H,28,30). The Kier molecular flexibility index (Phi) is 9.08. The van der Waals surface area contributed by atoms with E-state index in [1.165, 1.54) is 24.3 Å². The number of carbonyl (C=O) groups excluding carboxylic acids is 1. The lowest BCUT2D eigenvalue weighted by molar-refractivity contribution is -0.119. The second-order valence-corrected chi connectivity index (χ2v) is 9.56. The Balaban J connectivity index is 1.69. The van der Waals surface area contributed by atoms with Gasteiger partial charge in [0.1, 0.15) is 23.9 Å². The number of aryl methyl sites for hydroxylation is 1. The number of ether oxygens (including phenoxy) is 2. The summed E-state index contributed by atoms with van der Waals surface area (Å²) >= 11 is 0. The van der Waals surface area contributed by atoms with Crippen LogP contribution in [-0.2, 0) is 21.2 Å². The number of hydrogen-bond acceptors (Lipinski definition) is 5. The lowest BCUT2D eigenvalue weighted by atomic mass is 10.1. The Morgan fingerprint density at radius 2 is 1.71 bits per heavy atom. The molecular weight excluding hydrogens is 471 g/mol. The van der Waals surface area contributed by atoms with E-state index < -0.39 is 28.3 Å². The Morgan fingerprint density at radius 1 is 1.00 bits per heavy atom. The van der Waals surface area contributed by atoms with Crippen molar-refractivity contribution in [3.8, 4) is 11.5 Å². The number of hydrogen-bond donors (Lipinski definition) is 1. The van der Waals surface area contributed by atoms with E-state index in [-0.39, 0.29) is 10.6 Å². The molecule has 0 bridgehead atoms. The van der Waals surface area contributed by atoms with Gasteiger partial charge in [0, 0.05) is 6.54 Å². The molecule has 0 unspecified atom stereocenters. The zero-order valence-corrected chi connectivity index (χ0v) is 20.6. The molecule has 1 N–H and O–H groups in total. The van der Waals surface area contributed by atoms with Crippen LogP contribution in [-0.4, -0.2) is 41.1 Å². The number of benzene rings is 3. The van der Waals surface area contributed by atoms with E-state index in [9.17, 15) is 17.6 Å². The van der Waals surface area contributed by atoms with E-state index in [0.29, 0.717) is 25.3 Å². The SMILES string of the molecule is CCOc1ccc(S(=O)(=O)N(CC(=O)NCCCc2cccc(OC)c2)c2ccc(F)cc2)cc1. The van der Waals surface area contributed by atoms with Gasteiger partial charge >= 0.3 is 0 Å². The molecule has 0 saturated carbocycles. The molecule has 9 heteroatoms. The fourth-order valence-corrected chi connectivity index (χ4v) is 4.88. The predicted octanol–water partition coefficient (Wildman–Crippen LogP) is 4.18. The first-order valence-electron chi connectivity index (χ1n) is 11.2. The van der Waals surface area contributed by atoms with Crippen LogP contribution in [0.15, 0.2) is 77.7 Å². The summed E-state index contributed by atoms with van der Waals surface area (Å²) in [6, 6.07) is 18.6. The fraction of sp³-hybridized carbons (Fsp3) is 0.269. The molecule has 0 fully saturated rings. The van der Waals surface area contributed by atoms with Crippen molar-refractivity contribution in [3.05, 3.63) is 84.2 Å². The molecule has 7 nitrogen and oxygen atoms in total. The molecule has 1 amide bonds. The minimum absolute atomic E-state index is 0.00361. The van der Waals surface area contributed by atoms with Gasteiger partial charge in [-0.05, 0) is 86.0 Å². The molecule has 0 spiro atoms. The van der Waals surface area contributed by atoms with Gasteiger partial charge < -0.3 is 14.8 Å². The van der Waals surface area contributed by atoms with Crippen molar-refractivity contribution in [1.82, 2.24) is 5.32 Å². The quantitative estimate of drug-likeness (QED) is 0.377. The number of methoxy groups -OCH3 is 1. The van der Waals surface area contributed by atoms with E-state index in [2.05, 4.69) is 5.32 Å². The van der Waals surface area contributed by atoms with Crippen LogP contribution in [0.5, 0.6) is 11.5 Å². The van der Waals surface area contributed by atoms with Gasteiger partial charge in [0.05, 0.1) is 24.3 Å². The molecule has 3 aromatic carbocycles. The highest BCUT2D eigenvalue weighted by molar-refractivity contribution is 7.92. The van der Waals surface area contributed by atoms with E-state index in [1.807, 2.05) is 31.2 Å². The molecule has 35 heavy (non-hydrogen) atoms. The third-order valence-corrected chi connectivity index (χ3v) is 7.01.